The lowest BCUT2D eigenvalue weighted by atomic mass is 9.97. The zero-order valence-corrected chi connectivity index (χ0v) is 11.1. The van der Waals surface area contributed by atoms with Crippen LogP contribution in [0.1, 0.15) is 21.7 Å². The first-order chi connectivity index (χ1) is 10.2. The molecule has 0 amide bonds. The van der Waals surface area contributed by atoms with Gasteiger partial charge >= 0.3 is 6.18 Å². The fraction of sp³-hybridized carbons (Fsp3) is 0.154. The normalized spacial score (nSPS) is 11.3. The van der Waals surface area contributed by atoms with Crippen LogP contribution in [0.25, 0.3) is 11.1 Å². The van der Waals surface area contributed by atoms with Gasteiger partial charge in [-0.1, -0.05) is 0 Å². The Morgan fingerprint density at radius 2 is 1.82 bits per heavy atom. The zero-order valence-electron chi connectivity index (χ0n) is 11.1. The van der Waals surface area contributed by atoms with Crippen molar-refractivity contribution in [2.75, 3.05) is 0 Å². The lowest BCUT2D eigenvalue weighted by Gasteiger charge is -2.10. The Labute approximate surface area is 121 Å². The van der Waals surface area contributed by atoms with Crippen molar-refractivity contribution in [2.24, 2.45) is 0 Å². The average molecular weight is 311 g/mol. The van der Waals surface area contributed by atoms with Crippen molar-refractivity contribution in [1.82, 2.24) is 9.97 Å². The molecule has 0 aliphatic carbocycles. The van der Waals surface area contributed by atoms with Crippen LogP contribution in [0, 0.1) is 17.0 Å². The van der Waals surface area contributed by atoms with Crippen molar-refractivity contribution in [3.8, 4) is 11.1 Å². The molecule has 0 radical (unpaired) electrons. The van der Waals surface area contributed by atoms with Gasteiger partial charge in [0.25, 0.3) is 5.69 Å². The molecular weight excluding hydrogens is 303 g/mol. The van der Waals surface area contributed by atoms with Crippen molar-refractivity contribution in [3.05, 3.63) is 51.6 Å². The second kappa shape index (κ2) is 5.51. The molecule has 22 heavy (non-hydrogen) atoms. The third-order valence-corrected chi connectivity index (χ3v) is 2.88. The third kappa shape index (κ3) is 2.92. The molecule has 0 spiro atoms. The summed E-state index contributed by atoms with van der Waals surface area (Å²) in [7, 11) is 0. The van der Waals surface area contributed by atoms with Crippen molar-refractivity contribution < 1.29 is 22.9 Å². The molecule has 0 saturated heterocycles. The Balaban J connectivity index is 2.57. The molecule has 0 fully saturated rings. The number of benzene rings is 1. The highest BCUT2D eigenvalue weighted by molar-refractivity contribution is 5.90. The Hall–Kier alpha value is -2.84. The van der Waals surface area contributed by atoms with Crippen LogP contribution in [-0.4, -0.2) is 21.2 Å². The van der Waals surface area contributed by atoms with Gasteiger partial charge in [0.05, 0.1) is 4.92 Å². The molecule has 0 unspecified atom stereocenters. The average Bonchev–Trinajstić information content (AvgIpc) is 2.45. The molecule has 2 rings (SSSR count). The summed E-state index contributed by atoms with van der Waals surface area (Å²) in [5.41, 5.74) is 0.489. The quantitative estimate of drug-likeness (QED) is 0.493. The molecule has 0 bridgehead atoms. The van der Waals surface area contributed by atoms with Gasteiger partial charge in [0, 0.05) is 35.7 Å². The van der Waals surface area contributed by atoms with Gasteiger partial charge in [-0.05, 0) is 18.1 Å². The molecule has 114 valence electrons. The highest BCUT2D eigenvalue weighted by Gasteiger charge is 2.34. The maximum Gasteiger partial charge on any atom is 0.451 e. The van der Waals surface area contributed by atoms with Gasteiger partial charge in [-0.25, -0.2) is 9.97 Å². The lowest BCUT2D eigenvalue weighted by Crippen LogP contribution is -2.10. The van der Waals surface area contributed by atoms with Crippen molar-refractivity contribution >= 4 is 12.0 Å². The van der Waals surface area contributed by atoms with E-state index in [-0.39, 0.29) is 22.4 Å². The molecule has 1 aromatic heterocycles. The van der Waals surface area contributed by atoms with Crippen LogP contribution >= 0.6 is 0 Å². The number of halogens is 3. The number of non-ortho nitro benzene ring substituents is 1. The van der Waals surface area contributed by atoms with Gasteiger partial charge in [-0.15, -0.1) is 0 Å². The predicted octanol–water partition coefficient (Wildman–Crippen LogP) is 3.19. The second-order valence-electron chi connectivity index (χ2n) is 4.39. The van der Waals surface area contributed by atoms with E-state index >= 15 is 0 Å². The van der Waals surface area contributed by atoms with Gasteiger partial charge in [0.2, 0.25) is 5.82 Å². The Bertz CT molecular complexity index is 743. The molecule has 0 saturated carbocycles. The first kappa shape index (κ1) is 15.5. The van der Waals surface area contributed by atoms with Crippen LogP contribution < -0.4 is 0 Å². The van der Waals surface area contributed by atoms with Crippen LogP contribution in [0.15, 0.2) is 24.5 Å². The summed E-state index contributed by atoms with van der Waals surface area (Å²) >= 11 is 0. The summed E-state index contributed by atoms with van der Waals surface area (Å²) in [5.74, 6) is -1.30. The number of aldehydes is 1. The van der Waals surface area contributed by atoms with Gasteiger partial charge in [-0.3, -0.25) is 14.9 Å². The largest absolute Gasteiger partial charge is 0.451 e. The molecule has 2 aromatic rings. The van der Waals surface area contributed by atoms with E-state index in [4.69, 9.17) is 0 Å². The van der Waals surface area contributed by atoms with Gasteiger partial charge in [0.1, 0.15) is 0 Å². The van der Waals surface area contributed by atoms with Crippen molar-refractivity contribution in [3.63, 3.8) is 0 Å². The SMILES string of the molecule is Cc1cc([N+](=O)[O-])cc(C=O)c1-c1cnc(C(F)(F)F)nc1. The minimum absolute atomic E-state index is 0.0185. The second-order valence-corrected chi connectivity index (χ2v) is 4.39. The molecule has 0 N–H and O–H groups in total. The van der Waals surface area contributed by atoms with E-state index in [1.54, 1.807) is 0 Å². The Morgan fingerprint density at radius 1 is 1.23 bits per heavy atom. The number of nitrogens with zero attached hydrogens (tertiary/aromatic N) is 3. The smallest absolute Gasteiger partial charge is 0.298 e. The van der Waals surface area contributed by atoms with Crippen LogP contribution in [0.4, 0.5) is 18.9 Å². The van der Waals surface area contributed by atoms with Crippen LogP contribution in [0.2, 0.25) is 0 Å². The topological polar surface area (TPSA) is 86.0 Å². The lowest BCUT2D eigenvalue weighted by molar-refractivity contribution is -0.384. The Kier molecular flexibility index (Phi) is 3.89. The van der Waals surface area contributed by atoms with E-state index in [1.807, 2.05) is 0 Å². The van der Waals surface area contributed by atoms with Crippen molar-refractivity contribution in [1.29, 1.82) is 0 Å². The maximum atomic E-state index is 12.4. The fourth-order valence-electron chi connectivity index (χ4n) is 1.99. The molecule has 1 aromatic carbocycles. The summed E-state index contributed by atoms with van der Waals surface area (Å²) < 4.78 is 37.3. The van der Waals surface area contributed by atoms with Crippen LogP contribution in [0.5, 0.6) is 0 Å². The first-order valence-corrected chi connectivity index (χ1v) is 5.88. The predicted molar refractivity (Wildman–Crippen MR) is 69.2 cm³/mol. The zero-order chi connectivity index (χ0) is 16.5. The first-order valence-electron chi connectivity index (χ1n) is 5.88. The number of alkyl halides is 3. The Morgan fingerprint density at radius 3 is 2.27 bits per heavy atom. The number of rotatable bonds is 3. The molecule has 0 atom stereocenters. The highest BCUT2D eigenvalue weighted by atomic mass is 19.4. The summed E-state index contributed by atoms with van der Waals surface area (Å²) in [6.07, 6.45) is -2.42. The number of nitro groups is 1. The summed E-state index contributed by atoms with van der Waals surface area (Å²) in [5, 5.41) is 10.8. The summed E-state index contributed by atoms with van der Waals surface area (Å²) in [6, 6.07) is 2.27. The maximum absolute atomic E-state index is 12.4. The van der Waals surface area contributed by atoms with Crippen LogP contribution in [0.3, 0.4) is 0 Å². The number of carbonyl (C=O) groups excluding carboxylic acids is 1. The van der Waals surface area contributed by atoms with E-state index in [0.29, 0.717) is 11.8 Å². The van der Waals surface area contributed by atoms with E-state index in [9.17, 15) is 28.1 Å². The number of aromatic nitrogens is 2. The van der Waals surface area contributed by atoms with E-state index in [0.717, 1.165) is 18.5 Å². The number of aryl methyl sites for hydroxylation is 1. The number of hydrogen-bond donors (Lipinski definition) is 0. The molecule has 0 aliphatic heterocycles. The van der Waals surface area contributed by atoms with E-state index in [2.05, 4.69) is 9.97 Å². The fourth-order valence-corrected chi connectivity index (χ4v) is 1.99. The minimum Gasteiger partial charge on any atom is -0.298 e. The summed E-state index contributed by atoms with van der Waals surface area (Å²) in [6.45, 7) is 1.51. The molecular formula is C13H8F3N3O3. The number of nitro benzene ring substituents is 1. The third-order valence-electron chi connectivity index (χ3n) is 2.88. The molecule has 6 nitrogen and oxygen atoms in total. The minimum atomic E-state index is -4.67. The van der Waals surface area contributed by atoms with Gasteiger partial charge in [-0.2, -0.15) is 13.2 Å². The van der Waals surface area contributed by atoms with Gasteiger partial charge in [0.15, 0.2) is 6.29 Å². The highest BCUT2D eigenvalue weighted by Crippen LogP contribution is 2.31. The van der Waals surface area contributed by atoms with Gasteiger partial charge < -0.3 is 0 Å². The van der Waals surface area contributed by atoms with Crippen LogP contribution in [-0.2, 0) is 6.18 Å². The molecule has 1 heterocycles. The van der Waals surface area contributed by atoms with E-state index in [1.165, 1.54) is 13.0 Å². The molecule has 0 aliphatic rings. The summed E-state index contributed by atoms with van der Waals surface area (Å²) in [4.78, 5) is 27.6. The number of carbonyl (C=O) groups is 1. The monoisotopic (exact) mass is 311 g/mol. The van der Waals surface area contributed by atoms with E-state index < -0.39 is 16.9 Å². The number of hydrogen-bond acceptors (Lipinski definition) is 5. The van der Waals surface area contributed by atoms with Crippen molar-refractivity contribution in [2.45, 2.75) is 13.1 Å². The standard InChI is InChI=1S/C13H8F3N3O3/c1-7-2-10(19(21)22)3-8(6-20)11(7)9-4-17-12(18-5-9)13(14,15)16/h2-6H,1H3. The molecule has 9 heteroatoms.